The summed E-state index contributed by atoms with van der Waals surface area (Å²) in [6.45, 7) is 13.6. The van der Waals surface area contributed by atoms with Crippen LogP contribution in [0.1, 0.15) is 54.0 Å². The zero-order valence-corrected chi connectivity index (χ0v) is 14.8. The van der Waals surface area contributed by atoms with E-state index in [0.717, 1.165) is 11.3 Å². The second-order valence-electron chi connectivity index (χ2n) is 7.62. The first-order valence-corrected chi connectivity index (χ1v) is 7.60. The summed E-state index contributed by atoms with van der Waals surface area (Å²) in [4.78, 5) is 25.7. The molecule has 122 valence electrons. The Bertz CT molecular complexity index is 551. The minimum absolute atomic E-state index is 0.0529. The van der Waals surface area contributed by atoms with Crippen LogP contribution in [0, 0.1) is 0 Å². The highest BCUT2D eigenvalue weighted by Crippen LogP contribution is 2.29. The molecule has 0 saturated heterocycles. The van der Waals surface area contributed by atoms with Crippen molar-refractivity contribution in [2.24, 2.45) is 0 Å². The minimum Gasteiger partial charge on any atom is -0.329 e. The van der Waals surface area contributed by atoms with Gasteiger partial charge in [0.25, 0.3) is 0 Å². The van der Waals surface area contributed by atoms with Crippen LogP contribution in [0.25, 0.3) is 0 Å². The van der Waals surface area contributed by atoms with Crippen LogP contribution in [-0.4, -0.2) is 28.8 Å². The summed E-state index contributed by atoms with van der Waals surface area (Å²) in [5.74, 6) is -0.284. The van der Waals surface area contributed by atoms with Gasteiger partial charge in [0.05, 0.1) is 0 Å². The molecule has 0 unspecified atom stereocenters. The Morgan fingerprint density at radius 2 is 1.59 bits per heavy atom. The van der Waals surface area contributed by atoms with Gasteiger partial charge in [0.1, 0.15) is 6.54 Å². The molecule has 0 atom stereocenters. The van der Waals surface area contributed by atoms with Gasteiger partial charge in [-0.3, -0.25) is 9.59 Å². The lowest BCUT2D eigenvalue weighted by molar-refractivity contribution is -0.137. The number of nitrogens with zero attached hydrogens (tertiary/aromatic N) is 1. The number of hydrogen-bond donors (Lipinski definition) is 1. The van der Waals surface area contributed by atoms with Crippen molar-refractivity contribution in [1.82, 2.24) is 4.90 Å². The quantitative estimate of drug-likeness (QED) is 0.928. The number of nitrogens with one attached hydrogen (secondary N) is 1. The molecule has 4 heteroatoms. The van der Waals surface area contributed by atoms with Gasteiger partial charge in [-0.2, -0.15) is 0 Å². The smallest absolute Gasteiger partial charge is 0.244 e. The van der Waals surface area contributed by atoms with Crippen molar-refractivity contribution < 1.29 is 9.59 Å². The average Bonchev–Trinajstić information content (AvgIpc) is 2.33. The second-order valence-corrected chi connectivity index (χ2v) is 7.62. The molecule has 0 saturated carbocycles. The lowest BCUT2D eigenvalue weighted by Gasteiger charge is -2.34. The summed E-state index contributed by atoms with van der Waals surface area (Å²) in [6.07, 6.45) is 0. The SMILES string of the molecule is CC(=O)N(CC(=O)Nc1ccccc1C(C)(C)C)C(C)(C)C. The standard InChI is InChI=1S/C18H28N2O2/c1-13(21)20(18(5,6)7)12-16(22)19-15-11-9-8-10-14(15)17(2,3)4/h8-11H,12H2,1-7H3,(H,19,22). The first-order valence-electron chi connectivity index (χ1n) is 7.60. The lowest BCUT2D eigenvalue weighted by Crippen LogP contribution is -2.48. The summed E-state index contributed by atoms with van der Waals surface area (Å²) in [5, 5.41) is 2.94. The van der Waals surface area contributed by atoms with Crippen molar-refractivity contribution in [1.29, 1.82) is 0 Å². The van der Waals surface area contributed by atoms with Gasteiger partial charge >= 0.3 is 0 Å². The zero-order valence-electron chi connectivity index (χ0n) is 14.8. The summed E-state index contributed by atoms with van der Waals surface area (Å²) >= 11 is 0. The number of anilines is 1. The van der Waals surface area contributed by atoms with Gasteiger partial charge in [-0.15, -0.1) is 0 Å². The van der Waals surface area contributed by atoms with Crippen LogP contribution in [0.4, 0.5) is 5.69 Å². The molecule has 0 spiro atoms. The van der Waals surface area contributed by atoms with E-state index >= 15 is 0 Å². The van der Waals surface area contributed by atoms with Gasteiger partial charge in [-0.25, -0.2) is 0 Å². The van der Waals surface area contributed by atoms with E-state index in [-0.39, 0.29) is 29.3 Å². The number of benzene rings is 1. The molecule has 1 N–H and O–H groups in total. The molecule has 2 amide bonds. The maximum atomic E-state index is 12.3. The fraction of sp³-hybridized carbons (Fsp3) is 0.556. The highest BCUT2D eigenvalue weighted by molar-refractivity contribution is 5.95. The molecule has 4 nitrogen and oxygen atoms in total. The third kappa shape index (κ3) is 4.86. The molecule has 0 aromatic heterocycles. The Kier molecular flexibility index (Phi) is 5.39. The molecule has 22 heavy (non-hydrogen) atoms. The number of para-hydroxylation sites is 1. The van der Waals surface area contributed by atoms with E-state index in [9.17, 15) is 9.59 Å². The monoisotopic (exact) mass is 304 g/mol. The first kappa shape index (κ1) is 18.2. The van der Waals surface area contributed by atoms with Crippen molar-refractivity contribution in [2.75, 3.05) is 11.9 Å². The molecule has 0 aliphatic heterocycles. The minimum atomic E-state index is -0.382. The van der Waals surface area contributed by atoms with Crippen LogP contribution >= 0.6 is 0 Å². The third-order valence-electron chi connectivity index (χ3n) is 3.50. The van der Waals surface area contributed by atoms with Crippen molar-refractivity contribution >= 4 is 17.5 Å². The van der Waals surface area contributed by atoms with Crippen LogP contribution < -0.4 is 5.32 Å². The van der Waals surface area contributed by atoms with E-state index in [1.807, 2.05) is 45.0 Å². The van der Waals surface area contributed by atoms with E-state index in [1.54, 1.807) is 4.90 Å². The summed E-state index contributed by atoms with van der Waals surface area (Å²) in [6, 6.07) is 7.78. The Balaban J connectivity index is 2.93. The molecule has 0 fully saturated rings. The molecule has 0 bridgehead atoms. The highest BCUT2D eigenvalue weighted by Gasteiger charge is 2.26. The van der Waals surface area contributed by atoms with Gasteiger partial charge in [0, 0.05) is 18.2 Å². The van der Waals surface area contributed by atoms with Crippen molar-refractivity contribution in [2.45, 2.75) is 59.4 Å². The van der Waals surface area contributed by atoms with Crippen molar-refractivity contribution in [3.63, 3.8) is 0 Å². The largest absolute Gasteiger partial charge is 0.329 e. The predicted molar refractivity (Wildman–Crippen MR) is 90.9 cm³/mol. The van der Waals surface area contributed by atoms with Crippen LogP contribution in [0.3, 0.4) is 0 Å². The van der Waals surface area contributed by atoms with Crippen molar-refractivity contribution in [3.8, 4) is 0 Å². The fourth-order valence-electron chi connectivity index (χ4n) is 2.40. The number of carbonyl (C=O) groups is 2. The maximum Gasteiger partial charge on any atom is 0.244 e. The highest BCUT2D eigenvalue weighted by atomic mass is 16.2. The van der Waals surface area contributed by atoms with Crippen molar-refractivity contribution in [3.05, 3.63) is 29.8 Å². The lowest BCUT2D eigenvalue weighted by atomic mass is 9.86. The number of rotatable bonds is 3. The van der Waals surface area contributed by atoms with Crippen LogP contribution in [0.2, 0.25) is 0 Å². The Labute approximate surface area is 133 Å². The summed E-state index contributed by atoms with van der Waals surface area (Å²) < 4.78 is 0. The molecule has 0 aliphatic carbocycles. The molecule has 1 aromatic carbocycles. The molecule has 1 rings (SSSR count). The first-order chi connectivity index (χ1) is 9.93. The summed E-state index contributed by atoms with van der Waals surface area (Å²) in [7, 11) is 0. The zero-order chi connectivity index (χ0) is 17.1. The molecular weight excluding hydrogens is 276 g/mol. The molecular formula is C18H28N2O2. The van der Waals surface area contributed by atoms with Gasteiger partial charge in [0.2, 0.25) is 11.8 Å². The van der Waals surface area contributed by atoms with Gasteiger partial charge in [-0.1, -0.05) is 39.0 Å². The predicted octanol–water partition coefficient (Wildman–Crippen LogP) is 3.57. The fourth-order valence-corrected chi connectivity index (χ4v) is 2.40. The maximum absolute atomic E-state index is 12.3. The van der Waals surface area contributed by atoms with E-state index in [2.05, 4.69) is 26.1 Å². The molecule has 0 radical (unpaired) electrons. The average molecular weight is 304 g/mol. The normalized spacial score (nSPS) is 12.0. The third-order valence-corrected chi connectivity index (χ3v) is 3.50. The Morgan fingerprint density at radius 3 is 2.05 bits per heavy atom. The van der Waals surface area contributed by atoms with E-state index in [0.29, 0.717) is 0 Å². The van der Waals surface area contributed by atoms with Gasteiger partial charge in [0.15, 0.2) is 0 Å². The van der Waals surface area contributed by atoms with Gasteiger partial charge in [-0.05, 0) is 37.8 Å². The summed E-state index contributed by atoms with van der Waals surface area (Å²) in [5.41, 5.74) is 1.44. The topological polar surface area (TPSA) is 49.4 Å². The number of hydrogen-bond acceptors (Lipinski definition) is 2. The van der Waals surface area contributed by atoms with Crippen LogP contribution in [0.5, 0.6) is 0 Å². The van der Waals surface area contributed by atoms with E-state index in [1.165, 1.54) is 6.92 Å². The molecule has 0 aliphatic rings. The van der Waals surface area contributed by atoms with Crippen LogP contribution in [0.15, 0.2) is 24.3 Å². The Morgan fingerprint density at radius 1 is 1.05 bits per heavy atom. The van der Waals surface area contributed by atoms with Gasteiger partial charge < -0.3 is 10.2 Å². The molecule has 0 heterocycles. The van der Waals surface area contributed by atoms with Crippen LogP contribution in [-0.2, 0) is 15.0 Å². The van der Waals surface area contributed by atoms with E-state index < -0.39 is 0 Å². The number of carbonyl (C=O) groups excluding carboxylic acids is 2. The Hall–Kier alpha value is -1.84. The second kappa shape index (κ2) is 6.51. The number of amides is 2. The molecule has 1 aromatic rings. The van der Waals surface area contributed by atoms with E-state index in [4.69, 9.17) is 0 Å².